The largest absolute Gasteiger partial charge is 0.462 e. The van der Waals surface area contributed by atoms with E-state index in [1.54, 1.807) is 0 Å². The van der Waals surface area contributed by atoms with E-state index in [0.717, 1.165) is 70.1 Å². The van der Waals surface area contributed by atoms with Gasteiger partial charge in [0.1, 0.15) is 13.2 Å². The van der Waals surface area contributed by atoms with Gasteiger partial charge in [0.25, 0.3) is 0 Å². The highest BCUT2D eigenvalue weighted by Crippen LogP contribution is 2.15. The predicted octanol–water partition coefficient (Wildman–Crippen LogP) is 9.65. The number of esters is 3. The number of hydrogen-bond acceptors (Lipinski definition) is 6. The van der Waals surface area contributed by atoms with Crippen molar-refractivity contribution in [2.75, 3.05) is 13.2 Å². The molecule has 0 N–H and O–H groups in total. The maximum absolute atomic E-state index is 12.5. The van der Waals surface area contributed by atoms with Gasteiger partial charge in [-0.1, -0.05) is 137 Å². The molecule has 0 aromatic rings. The molecule has 0 aliphatic rings. The highest BCUT2D eigenvalue weighted by molar-refractivity contribution is 5.71. The summed E-state index contributed by atoms with van der Waals surface area (Å²) in [6.45, 7) is 8.78. The van der Waals surface area contributed by atoms with Gasteiger partial charge >= 0.3 is 17.9 Å². The van der Waals surface area contributed by atoms with Crippen LogP contribution in [-0.2, 0) is 28.6 Å². The average molecular weight is 569 g/mol. The van der Waals surface area contributed by atoms with E-state index in [1.807, 2.05) is 0 Å². The molecule has 0 aliphatic carbocycles. The van der Waals surface area contributed by atoms with E-state index in [-0.39, 0.29) is 31.1 Å². The van der Waals surface area contributed by atoms with Crippen LogP contribution in [0, 0.1) is 5.92 Å². The molecular formula is C34H64O6. The Hall–Kier alpha value is -1.59. The van der Waals surface area contributed by atoms with Gasteiger partial charge in [0, 0.05) is 19.3 Å². The van der Waals surface area contributed by atoms with Gasteiger partial charge in [0.15, 0.2) is 6.10 Å². The van der Waals surface area contributed by atoms with Crippen molar-refractivity contribution in [1.82, 2.24) is 0 Å². The van der Waals surface area contributed by atoms with Crippen molar-refractivity contribution in [3.05, 3.63) is 0 Å². The smallest absolute Gasteiger partial charge is 0.306 e. The van der Waals surface area contributed by atoms with E-state index >= 15 is 0 Å². The van der Waals surface area contributed by atoms with Gasteiger partial charge in [-0.2, -0.15) is 0 Å². The van der Waals surface area contributed by atoms with Gasteiger partial charge in [-0.3, -0.25) is 14.4 Å². The fourth-order valence-corrected chi connectivity index (χ4v) is 4.65. The second-order valence-corrected chi connectivity index (χ2v) is 11.7. The molecule has 0 spiro atoms. The minimum absolute atomic E-state index is 0.0684. The summed E-state index contributed by atoms with van der Waals surface area (Å²) < 4.78 is 16.4. The number of rotatable bonds is 29. The summed E-state index contributed by atoms with van der Waals surface area (Å²) >= 11 is 0. The van der Waals surface area contributed by atoms with E-state index < -0.39 is 6.10 Å². The molecule has 0 fully saturated rings. The molecule has 0 saturated heterocycles. The highest BCUT2D eigenvalue weighted by atomic mass is 16.6. The second-order valence-electron chi connectivity index (χ2n) is 11.7. The van der Waals surface area contributed by atoms with E-state index in [2.05, 4.69) is 27.7 Å². The molecule has 0 amide bonds. The summed E-state index contributed by atoms with van der Waals surface area (Å²) in [5, 5.41) is 0. The SMILES string of the molecule is CCCCCCCCCC(=O)OC[C@@H](COC(=O)CCCCCCC)OC(=O)CCCCCCCCC(C)CC. The minimum Gasteiger partial charge on any atom is -0.462 e. The molecule has 0 saturated carbocycles. The Labute approximate surface area is 247 Å². The van der Waals surface area contributed by atoms with Crippen LogP contribution in [0.3, 0.4) is 0 Å². The quantitative estimate of drug-likeness (QED) is 0.0508. The Kier molecular flexibility index (Phi) is 27.8. The molecule has 2 atom stereocenters. The Morgan fingerprint density at radius 1 is 0.500 bits per heavy atom. The first-order valence-electron chi connectivity index (χ1n) is 16.9. The van der Waals surface area contributed by atoms with Crippen molar-refractivity contribution < 1.29 is 28.6 Å². The van der Waals surface area contributed by atoms with Crippen LogP contribution in [0.4, 0.5) is 0 Å². The predicted molar refractivity (Wildman–Crippen MR) is 164 cm³/mol. The van der Waals surface area contributed by atoms with E-state index in [0.29, 0.717) is 19.3 Å². The standard InChI is InChI=1S/C34H64O6/c1-5-8-10-12-13-18-22-26-33(36)39-29-31(28-38-32(35)25-21-16-11-9-6-2)40-34(37)27-23-19-15-14-17-20-24-30(4)7-3/h30-31H,5-29H2,1-4H3/t30?,31-/m1/s1. The molecule has 0 aromatic heterocycles. The third-order valence-electron chi connectivity index (χ3n) is 7.65. The molecule has 0 radical (unpaired) electrons. The second kappa shape index (κ2) is 28.9. The average Bonchev–Trinajstić information content (AvgIpc) is 2.95. The summed E-state index contributed by atoms with van der Waals surface area (Å²) in [6, 6.07) is 0. The normalized spacial score (nSPS) is 12.6. The summed E-state index contributed by atoms with van der Waals surface area (Å²) in [5.41, 5.74) is 0. The summed E-state index contributed by atoms with van der Waals surface area (Å²) in [5.74, 6) is -0.0849. The van der Waals surface area contributed by atoms with Crippen LogP contribution < -0.4 is 0 Å². The number of hydrogen-bond donors (Lipinski definition) is 0. The lowest BCUT2D eigenvalue weighted by molar-refractivity contribution is -0.167. The van der Waals surface area contributed by atoms with E-state index in [9.17, 15) is 14.4 Å². The van der Waals surface area contributed by atoms with Crippen LogP contribution in [0.2, 0.25) is 0 Å². The zero-order chi connectivity index (χ0) is 29.7. The van der Waals surface area contributed by atoms with Crippen molar-refractivity contribution >= 4 is 17.9 Å². The fraction of sp³-hybridized carbons (Fsp3) is 0.912. The number of carbonyl (C=O) groups is 3. The summed E-state index contributed by atoms with van der Waals surface area (Å²) in [4.78, 5) is 36.9. The van der Waals surface area contributed by atoms with Crippen molar-refractivity contribution in [3.63, 3.8) is 0 Å². The van der Waals surface area contributed by atoms with Crippen LogP contribution in [0.5, 0.6) is 0 Å². The van der Waals surface area contributed by atoms with Crippen molar-refractivity contribution in [2.45, 2.75) is 181 Å². The molecule has 0 aromatic carbocycles. The molecule has 0 aliphatic heterocycles. The molecule has 1 unspecified atom stereocenters. The molecule has 0 rings (SSSR count). The third kappa shape index (κ3) is 26.6. The molecule has 0 heterocycles. The highest BCUT2D eigenvalue weighted by Gasteiger charge is 2.19. The maximum atomic E-state index is 12.5. The lowest BCUT2D eigenvalue weighted by Crippen LogP contribution is -2.30. The van der Waals surface area contributed by atoms with Gasteiger partial charge in [-0.25, -0.2) is 0 Å². The Morgan fingerprint density at radius 2 is 0.875 bits per heavy atom. The van der Waals surface area contributed by atoms with Crippen LogP contribution in [0.1, 0.15) is 175 Å². The zero-order valence-corrected chi connectivity index (χ0v) is 26.8. The Morgan fingerprint density at radius 3 is 1.30 bits per heavy atom. The first kappa shape index (κ1) is 38.4. The lowest BCUT2D eigenvalue weighted by atomic mass is 10.00. The Balaban J connectivity index is 4.35. The third-order valence-corrected chi connectivity index (χ3v) is 7.65. The minimum atomic E-state index is -0.755. The van der Waals surface area contributed by atoms with Crippen molar-refractivity contribution in [1.29, 1.82) is 0 Å². The van der Waals surface area contributed by atoms with Gasteiger partial charge in [-0.15, -0.1) is 0 Å². The van der Waals surface area contributed by atoms with Crippen molar-refractivity contribution in [2.24, 2.45) is 5.92 Å². The zero-order valence-electron chi connectivity index (χ0n) is 26.8. The first-order valence-corrected chi connectivity index (χ1v) is 16.9. The molecular weight excluding hydrogens is 504 g/mol. The van der Waals surface area contributed by atoms with Crippen LogP contribution in [0.15, 0.2) is 0 Å². The summed E-state index contributed by atoms with van der Waals surface area (Å²) in [6.07, 6.45) is 22.7. The van der Waals surface area contributed by atoms with Crippen LogP contribution in [-0.4, -0.2) is 37.2 Å². The maximum Gasteiger partial charge on any atom is 0.306 e. The van der Waals surface area contributed by atoms with Crippen LogP contribution >= 0.6 is 0 Å². The summed E-state index contributed by atoms with van der Waals surface area (Å²) in [7, 11) is 0. The topological polar surface area (TPSA) is 78.9 Å². The number of carbonyl (C=O) groups excluding carboxylic acids is 3. The van der Waals surface area contributed by atoms with Gasteiger partial charge in [0.05, 0.1) is 0 Å². The first-order chi connectivity index (χ1) is 19.4. The molecule has 40 heavy (non-hydrogen) atoms. The van der Waals surface area contributed by atoms with Gasteiger partial charge in [-0.05, 0) is 25.2 Å². The number of ether oxygens (including phenoxy) is 3. The molecule has 236 valence electrons. The van der Waals surface area contributed by atoms with Gasteiger partial charge < -0.3 is 14.2 Å². The molecule has 6 heteroatoms. The molecule has 6 nitrogen and oxygen atoms in total. The monoisotopic (exact) mass is 568 g/mol. The van der Waals surface area contributed by atoms with Crippen LogP contribution in [0.25, 0.3) is 0 Å². The van der Waals surface area contributed by atoms with E-state index in [4.69, 9.17) is 14.2 Å². The Bertz CT molecular complexity index is 605. The van der Waals surface area contributed by atoms with E-state index in [1.165, 1.54) is 64.2 Å². The van der Waals surface area contributed by atoms with Crippen molar-refractivity contribution in [3.8, 4) is 0 Å². The molecule has 0 bridgehead atoms. The lowest BCUT2D eigenvalue weighted by Gasteiger charge is -2.18. The number of unbranched alkanes of at least 4 members (excludes halogenated alkanes) is 15. The fourth-order valence-electron chi connectivity index (χ4n) is 4.65. The van der Waals surface area contributed by atoms with Gasteiger partial charge in [0.2, 0.25) is 0 Å².